The second-order valence-corrected chi connectivity index (χ2v) is 6.68. The Labute approximate surface area is 158 Å². The van der Waals surface area contributed by atoms with Crippen LogP contribution in [-0.2, 0) is 4.79 Å². The average molecular weight is 366 g/mol. The maximum absolute atomic E-state index is 12.4. The zero-order chi connectivity index (χ0) is 20.0. The molecule has 0 atom stereocenters. The van der Waals surface area contributed by atoms with Crippen LogP contribution in [-0.4, -0.2) is 34.0 Å². The molecule has 0 saturated heterocycles. The van der Waals surface area contributed by atoms with Crippen LogP contribution in [0.4, 0.5) is 0 Å². The van der Waals surface area contributed by atoms with E-state index in [4.69, 9.17) is 5.26 Å². The Hall–Kier alpha value is -3.34. The smallest absolute Gasteiger partial charge is 0.271 e. The second-order valence-electron chi connectivity index (χ2n) is 6.68. The van der Waals surface area contributed by atoms with Gasteiger partial charge in [-0.1, -0.05) is 6.08 Å². The van der Waals surface area contributed by atoms with Gasteiger partial charge in [0.05, 0.1) is 11.6 Å². The molecule has 27 heavy (non-hydrogen) atoms. The molecule has 0 bridgehead atoms. The molecule has 0 aromatic carbocycles. The van der Waals surface area contributed by atoms with E-state index in [1.54, 1.807) is 26.8 Å². The van der Waals surface area contributed by atoms with Gasteiger partial charge in [-0.15, -0.1) is 0 Å². The molecule has 1 saturated carbocycles. The Kier molecular flexibility index (Phi) is 6.19. The van der Waals surface area contributed by atoms with Gasteiger partial charge in [0.25, 0.3) is 11.8 Å². The van der Waals surface area contributed by atoms with Gasteiger partial charge in [0.2, 0.25) is 0 Å². The maximum Gasteiger partial charge on any atom is 0.271 e. The highest BCUT2D eigenvalue weighted by molar-refractivity contribution is 5.97. The van der Waals surface area contributed by atoms with Crippen molar-refractivity contribution in [1.82, 2.24) is 20.6 Å². The van der Waals surface area contributed by atoms with E-state index in [0.717, 1.165) is 18.7 Å². The van der Waals surface area contributed by atoms with E-state index in [1.807, 2.05) is 6.07 Å². The third-order valence-electron chi connectivity index (χ3n) is 3.85. The summed E-state index contributed by atoms with van der Waals surface area (Å²) in [6.07, 6.45) is 8.14. The Bertz CT molecular complexity index is 842. The van der Waals surface area contributed by atoms with Crippen molar-refractivity contribution in [3.63, 3.8) is 0 Å². The summed E-state index contributed by atoms with van der Waals surface area (Å²) in [5, 5.41) is 14.2. The van der Waals surface area contributed by atoms with Crippen molar-refractivity contribution in [1.29, 1.82) is 5.26 Å². The van der Waals surface area contributed by atoms with E-state index >= 15 is 0 Å². The molecule has 1 heterocycles. The summed E-state index contributed by atoms with van der Waals surface area (Å²) in [7, 11) is 0. The fraction of sp³-hybridized carbons (Fsp3) is 0.368. The quantitative estimate of drug-likeness (QED) is 0.434. The summed E-state index contributed by atoms with van der Waals surface area (Å²) in [6.45, 7) is 8.21. The third kappa shape index (κ3) is 5.57. The fourth-order valence-corrected chi connectivity index (χ4v) is 2.11. The van der Waals surface area contributed by atoms with Gasteiger partial charge in [0.15, 0.2) is 0 Å². The Morgan fingerprint density at radius 3 is 2.48 bits per heavy atom. The molecule has 2 N–H and O–H groups in total. The summed E-state index contributed by atoms with van der Waals surface area (Å²) in [4.78, 5) is 36.7. The highest BCUT2D eigenvalue weighted by Crippen LogP contribution is 2.37. The van der Waals surface area contributed by atoms with Crippen LogP contribution in [0.2, 0.25) is 0 Å². The first-order valence-corrected chi connectivity index (χ1v) is 8.51. The summed E-state index contributed by atoms with van der Waals surface area (Å²) < 4.78 is 0. The summed E-state index contributed by atoms with van der Waals surface area (Å²) in [6, 6.07) is 1.97. The van der Waals surface area contributed by atoms with Crippen molar-refractivity contribution in [3.05, 3.63) is 47.3 Å². The standard InChI is InChI=1S/C19H22N6O2/c1-5-14(8-15(21-4)18(27)25-19(2,3)11-20)24-17(26)13-9-22-16(23-10-13)12-6-7-12/h5,8-10,12H,4,6-7H2,1-3H3,(H,24,26)(H,25,27)/b14-5+,15-8-. The van der Waals surface area contributed by atoms with Crippen molar-refractivity contribution >= 4 is 18.5 Å². The molecule has 2 rings (SSSR count). The lowest BCUT2D eigenvalue weighted by molar-refractivity contribution is -0.118. The van der Waals surface area contributed by atoms with E-state index in [9.17, 15) is 9.59 Å². The van der Waals surface area contributed by atoms with Gasteiger partial charge < -0.3 is 10.6 Å². The number of rotatable bonds is 7. The lowest BCUT2D eigenvalue weighted by atomic mass is 10.1. The zero-order valence-electron chi connectivity index (χ0n) is 15.6. The van der Waals surface area contributed by atoms with Crippen LogP contribution in [0.5, 0.6) is 0 Å². The normalized spacial score (nSPS) is 14.9. The number of hydrogen-bond acceptors (Lipinski definition) is 6. The van der Waals surface area contributed by atoms with Gasteiger partial charge in [-0.25, -0.2) is 9.97 Å². The minimum atomic E-state index is -1.05. The molecule has 1 aliphatic carbocycles. The van der Waals surface area contributed by atoms with Crippen molar-refractivity contribution in [2.45, 2.75) is 45.1 Å². The number of aromatic nitrogens is 2. The average Bonchev–Trinajstić information content (AvgIpc) is 3.49. The number of nitriles is 1. The minimum Gasteiger partial charge on any atom is -0.333 e. The molecule has 0 radical (unpaired) electrons. The topological polar surface area (TPSA) is 120 Å². The van der Waals surface area contributed by atoms with Crippen LogP contribution in [0.15, 0.2) is 40.9 Å². The first-order chi connectivity index (χ1) is 12.8. The van der Waals surface area contributed by atoms with E-state index in [2.05, 4.69) is 32.3 Å². The number of carbonyl (C=O) groups is 2. The number of allylic oxidation sites excluding steroid dienone is 2. The van der Waals surface area contributed by atoms with Gasteiger partial charge in [-0.05, 0) is 46.4 Å². The SMILES string of the molecule is C=N/C(=C\C(=C/C)NC(=O)c1cnc(C2CC2)nc1)C(=O)NC(C)(C)C#N. The van der Waals surface area contributed by atoms with Gasteiger partial charge in [0.1, 0.15) is 17.1 Å². The van der Waals surface area contributed by atoms with Crippen LogP contribution in [0, 0.1) is 11.3 Å². The second kappa shape index (κ2) is 8.36. The highest BCUT2D eigenvalue weighted by Gasteiger charge is 2.26. The molecule has 1 aromatic heterocycles. The molecule has 0 aliphatic heterocycles. The molecule has 140 valence electrons. The van der Waals surface area contributed by atoms with Crippen LogP contribution >= 0.6 is 0 Å². The van der Waals surface area contributed by atoms with Gasteiger partial charge in [0, 0.05) is 24.0 Å². The fourth-order valence-electron chi connectivity index (χ4n) is 2.11. The van der Waals surface area contributed by atoms with E-state index in [-0.39, 0.29) is 5.70 Å². The highest BCUT2D eigenvalue weighted by atomic mass is 16.2. The molecule has 1 fully saturated rings. The molecule has 0 unspecified atom stereocenters. The Morgan fingerprint density at radius 2 is 2.00 bits per heavy atom. The molecule has 0 spiro atoms. The third-order valence-corrected chi connectivity index (χ3v) is 3.85. The van der Waals surface area contributed by atoms with Gasteiger partial charge in [-0.3, -0.25) is 14.6 Å². The van der Waals surface area contributed by atoms with Crippen molar-refractivity contribution < 1.29 is 9.59 Å². The summed E-state index contributed by atoms with van der Waals surface area (Å²) in [5.41, 5.74) is -0.401. The Morgan fingerprint density at radius 1 is 1.37 bits per heavy atom. The van der Waals surface area contributed by atoms with Gasteiger partial charge >= 0.3 is 0 Å². The molecular weight excluding hydrogens is 344 g/mol. The van der Waals surface area contributed by atoms with E-state index < -0.39 is 17.4 Å². The predicted octanol–water partition coefficient (Wildman–Crippen LogP) is 1.99. The minimum absolute atomic E-state index is 0.0212. The van der Waals surface area contributed by atoms with Crippen molar-refractivity contribution in [3.8, 4) is 6.07 Å². The van der Waals surface area contributed by atoms with Crippen molar-refractivity contribution in [2.24, 2.45) is 4.99 Å². The first kappa shape index (κ1) is 20.0. The number of carbonyl (C=O) groups excluding carboxylic acids is 2. The van der Waals surface area contributed by atoms with Crippen LogP contribution in [0.1, 0.15) is 55.7 Å². The molecule has 1 aliphatic rings. The maximum atomic E-state index is 12.4. The first-order valence-electron chi connectivity index (χ1n) is 8.51. The summed E-state index contributed by atoms with van der Waals surface area (Å²) in [5.74, 6) is 0.200. The largest absolute Gasteiger partial charge is 0.333 e. The van der Waals surface area contributed by atoms with Gasteiger partial charge in [-0.2, -0.15) is 5.26 Å². The number of hydrogen-bond donors (Lipinski definition) is 2. The number of amides is 2. The molecule has 1 aromatic rings. The zero-order valence-corrected chi connectivity index (χ0v) is 15.6. The molecule has 8 nitrogen and oxygen atoms in total. The van der Waals surface area contributed by atoms with E-state index in [1.165, 1.54) is 18.5 Å². The molecular formula is C19H22N6O2. The Balaban J connectivity index is 2.09. The predicted molar refractivity (Wildman–Crippen MR) is 101 cm³/mol. The van der Waals surface area contributed by atoms with Crippen LogP contribution < -0.4 is 10.6 Å². The molecule has 8 heteroatoms. The number of nitrogens with one attached hydrogen (secondary N) is 2. The molecule has 2 amide bonds. The number of aliphatic imine (C=N–C) groups is 1. The lowest BCUT2D eigenvalue weighted by Gasteiger charge is -2.17. The summed E-state index contributed by atoms with van der Waals surface area (Å²) >= 11 is 0. The van der Waals surface area contributed by atoms with Crippen molar-refractivity contribution in [2.75, 3.05) is 0 Å². The monoisotopic (exact) mass is 366 g/mol. The van der Waals surface area contributed by atoms with Crippen LogP contribution in [0.25, 0.3) is 0 Å². The van der Waals surface area contributed by atoms with E-state index in [0.29, 0.717) is 17.2 Å². The lowest BCUT2D eigenvalue weighted by Crippen LogP contribution is -2.42. The van der Waals surface area contributed by atoms with Crippen LogP contribution in [0.3, 0.4) is 0 Å². The number of nitrogens with zero attached hydrogens (tertiary/aromatic N) is 4.